The van der Waals surface area contributed by atoms with E-state index in [4.69, 9.17) is 21.4 Å². The fourth-order valence-corrected chi connectivity index (χ4v) is 2.28. The molecular weight excluding hydrogens is 273 g/mol. The number of rotatable bonds is 4. The number of ether oxygens (including phenoxy) is 1. The molecule has 1 heterocycles. The van der Waals surface area contributed by atoms with Crippen molar-refractivity contribution in [2.24, 2.45) is 0 Å². The van der Waals surface area contributed by atoms with Crippen LogP contribution < -0.4 is 0 Å². The number of nitrogens with zero attached hydrogens (tertiary/aromatic N) is 1. The number of benzene rings is 1. The minimum Gasteiger partial charge on any atom is -0.481 e. The third kappa shape index (κ3) is 3.89. The molecule has 0 aliphatic carbocycles. The third-order valence-corrected chi connectivity index (χ3v) is 3.44. The minimum atomic E-state index is -0.859. The van der Waals surface area contributed by atoms with Gasteiger partial charge in [0.25, 0.3) is 0 Å². The number of carbonyl (C=O) groups is 1. The molecule has 4 nitrogen and oxygen atoms in total. The fourth-order valence-electron chi connectivity index (χ4n) is 2.16. The molecule has 1 N–H and O–H groups in total. The maximum atomic E-state index is 13.4. The smallest absolute Gasteiger partial charge is 0.305 e. The van der Waals surface area contributed by atoms with Crippen LogP contribution in [0.2, 0.25) is 5.02 Å². The van der Waals surface area contributed by atoms with Crippen molar-refractivity contribution in [2.45, 2.75) is 19.0 Å². The molecule has 0 aromatic heterocycles. The summed E-state index contributed by atoms with van der Waals surface area (Å²) >= 11 is 5.63. The molecule has 1 atom stereocenters. The topological polar surface area (TPSA) is 49.8 Å². The van der Waals surface area contributed by atoms with Crippen molar-refractivity contribution in [1.29, 1.82) is 0 Å². The highest BCUT2D eigenvalue weighted by molar-refractivity contribution is 6.30. The van der Waals surface area contributed by atoms with Gasteiger partial charge < -0.3 is 9.84 Å². The molecule has 1 aromatic rings. The Kier molecular flexibility index (Phi) is 4.74. The highest BCUT2D eigenvalue weighted by Crippen LogP contribution is 2.19. The van der Waals surface area contributed by atoms with Gasteiger partial charge in [-0.3, -0.25) is 9.69 Å². The van der Waals surface area contributed by atoms with Crippen molar-refractivity contribution < 1.29 is 19.0 Å². The fraction of sp³-hybridized carbons (Fsp3) is 0.462. The molecule has 2 rings (SSSR count). The quantitative estimate of drug-likeness (QED) is 0.922. The van der Waals surface area contributed by atoms with Crippen molar-refractivity contribution in [3.8, 4) is 0 Å². The first-order valence-corrected chi connectivity index (χ1v) is 6.41. The molecule has 1 aliphatic rings. The van der Waals surface area contributed by atoms with Gasteiger partial charge in [0.15, 0.2) is 0 Å². The summed E-state index contributed by atoms with van der Waals surface area (Å²) in [6.07, 6.45) is 0.0239. The van der Waals surface area contributed by atoms with Crippen molar-refractivity contribution in [1.82, 2.24) is 4.90 Å². The summed E-state index contributed by atoms with van der Waals surface area (Å²) in [4.78, 5) is 12.8. The van der Waals surface area contributed by atoms with Gasteiger partial charge in [-0.25, -0.2) is 4.39 Å². The first kappa shape index (κ1) is 14.2. The summed E-state index contributed by atoms with van der Waals surface area (Å²) in [6.45, 7) is 2.09. The summed E-state index contributed by atoms with van der Waals surface area (Å²) in [7, 11) is 0. The van der Waals surface area contributed by atoms with Crippen LogP contribution in [-0.4, -0.2) is 41.8 Å². The Balaban J connectivity index is 2.06. The van der Waals surface area contributed by atoms with Crippen molar-refractivity contribution in [3.63, 3.8) is 0 Å². The molecule has 0 radical (unpaired) electrons. The Morgan fingerprint density at radius 3 is 3.05 bits per heavy atom. The van der Waals surface area contributed by atoms with E-state index in [2.05, 4.69) is 0 Å². The standard InChI is InChI=1S/C13H15ClFNO3/c14-11-2-1-9(5-12(11)15)7-16-3-4-19-8-10(16)6-13(17)18/h1-2,5,10H,3-4,6-8H2,(H,17,18). The zero-order chi connectivity index (χ0) is 13.8. The van der Waals surface area contributed by atoms with E-state index >= 15 is 0 Å². The van der Waals surface area contributed by atoms with Crippen molar-refractivity contribution >= 4 is 17.6 Å². The normalized spacial score (nSPS) is 20.4. The first-order valence-electron chi connectivity index (χ1n) is 6.04. The van der Waals surface area contributed by atoms with Gasteiger partial charge >= 0.3 is 5.97 Å². The van der Waals surface area contributed by atoms with E-state index in [9.17, 15) is 9.18 Å². The Morgan fingerprint density at radius 2 is 2.37 bits per heavy atom. The number of halogens is 2. The number of hydrogen-bond donors (Lipinski definition) is 1. The lowest BCUT2D eigenvalue weighted by Crippen LogP contribution is -2.45. The number of hydrogen-bond acceptors (Lipinski definition) is 3. The van der Waals surface area contributed by atoms with Crippen LogP contribution in [0.5, 0.6) is 0 Å². The molecule has 0 saturated carbocycles. The van der Waals surface area contributed by atoms with Gasteiger partial charge in [0.2, 0.25) is 0 Å². The molecule has 1 aliphatic heterocycles. The monoisotopic (exact) mass is 287 g/mol. The molecule has 0 spiro atoms. The van der Waals surface area contributed by atoms with Gasteiger partial charge in [0.1, 0.15) is 5.82 Å². The number of carboxylic acids is 1. The zero-order valence-electron chi connectivity index (χ0n) is 10.3. The molecule has 0 bridgehead atoms. The molecule has 6 heteroatoms. The lowest BCUT2D eigenvalue weighted by Gasteiger charge is -2.34. The molecule has 1 aromatic carbocycles. The van der Waals surface area contributed by atoms with E-state index in [1.807, 2.05) is 4.90 Å². The largest absolute Gasteiger partial charge is 0.481 e. The van der Waals surface area contributed by atoms with Gasteiger partial charge in [0, 0.05) is 19.1 Å². The SMILES string of the molecule is O=C(O)CC1COCCN1Cc1ccc(Cl)c(F)c1. The second-order valence-corrected chi connectivity index (χ2v) is 4.95. The minimum absolute atomic E-state index is 0.0239. The summed E-state index contributed by atoms with van der Waals surface area (Å²) in [5.41, 5.74) is 0.777. The van der Waals surface area contributed by atoms with Gasteiger partial charge in [0.05, 0.1) is 24.7 Å². The lowest BCUT2D eigenvalue weighted by molar-refractivity contribution is -0.140. The number of morpholine rings is 1. The van der Waals surface area contributed by atoms with E-state index in [1.54, 1.807) is 6.07 Å². The number of carboxylic acid groups (broad SMARTS) is 1. The Hall–Kier alpha value is -1.17. The third-order valence-electron chi connectivity index (χ3n) is 3.13. The summed E-state index contributed by atoms with van der Waals surface area (Å²) in [5.74, 6) is -1.31. The van der Waals surface area contributed by atoms with Crippen LogP contribution in [0.15, 0.2) is 18.2 Å². The Bertz CT molecular complexity index is 469. The molecule has 104 valence electrons. The van der Waals surface area contributed by atoms with Gasteiger partial charge in [-0.2, -0.15) is 0 Å². The van der Waals surface area contributed by atoms with Crippen LogP contribution >= 0.6 is 11.6 Å². The summed E-state index contributed by atoms with van der Waals surface area (Å²) in [6, 6.07) is 4.47. The highest BCUT2D eigenvalue weighted by atomic mass is 35.5. The molecule has 0 amide bonds. The molecule has 19 heavy (non-hydrogen) atoms. The van der Waals surface area contributed by atoms with E-state index in [1.165, 1.54) is 12.1 Å². The lowest BCUT2D eigenvalue weighted by atomic mass is 10.1. The number of aliphatic carboxylic acids is 1. The van der Waals surface area contributed by atoms with E-state index in [0.717, 1.165) is 5.56 Å². The van der Waals surface area contributed by atoms with Crippen LogP contribution in [0.25, 0.3) is 0 Å². The van der Waals surface area contributed by atoms with Crippen LogP contribution in [0.3, 0.4) is 0 Å². The van der Waals surface area contributed by atoms with E-state index in [0.29, 0.717) is 26.3 Å². The van der Waals surface area contributed by atoms with Gasteiger partial charge in [-0.05, 0) is 17.7 Å². The maximum Gasteiger partial charge on any atom is 0.305 e. The molecule has 1 unspecified atom stereocenters. The van der Waals surface area contributed by atoms with E-state index < -0.39 is 11.8 Å². The molecular formula is C13H15ClFNO3. The Morgan fingerprint density at radius 1 is 1.58 bits per heavy atom. The second-order valence-electron chi connectivity index (χ2n) is 4.55. The van der Waals surface area contributed by atoms with Crippen molar-refractivity contribution in [2.75, 3.05) is 19.8 Å². The van der Waals surface area contributed by atoms with Gasteiger partial charge in [-0.1, -0.05) is 17.7 Å². The van der Waals surface area contributed by atoms with Gasteiger partial charge in [-0.15, -0.1) is 0 Å². The Labute approximate surface area is 115 Å². The van der Waals surface area contributed by atoms with Crippen LogP contribution in [0, 0.1) is 5.82 Å². The predicted molar refractivity (Wildman–Crippen MR) is 68.7 cm³/mol. The average molecular weight is 288 g/mol. The van der Waals surface area contributed by atoms with Crippen LogP contribution in [0.4, 0.5) is 4.39 Å². The zero-order valence-corrected chi connectivity index (χ0v) is 11.1. The molecule has 1 saturated heterocycles. The summed E-state index contributed by atoms with van der Waals surface area (Å²) < 4.78 is 18.7. The van der Waals surface area contributed by atoms with Crippen molar-refractivity contribution in [3.05, 3.63) is 34.6 Å². The second kappa shape index (κ2) is 6.32. The van der Waals surface area contributed by atoms with Crippen LogP contribution in [-0.2, 0) is 16.1 Å². The van der Waals surface area contributed by atoms with Crippen LogP contribution in [0.1, 0.15) is 12.0 Å². The highest BCUT2D eigenvalue weighted by Gasteiger charge is 2.25. The predicted octanol–water partition coefficient (Wildman–Crippen LogP) is 2.15. The molecule has 1 fully saturated rings. The maximum absolute atomic E-state index is 13.4. The van der Waals surface area contributed by atoms with E-state index in [-0.39, 0.29) is 17.5 Å². The average Bonchev–Trinajstić information content (AvgIpc) is 2.36. The summed E-state index contributed by atoms with van der Waals surface area (Å²) in [5, 5.41) is 8.96. The first-order chi connectivity index (χ1) is 9.06.